The van der Waals surface area contributed by atoms with Crippen LogP contribution in [0.3, 0.4) is 0 Å². The molecule has 1 unspecified atom stereocenters. The first kappa shape index (κ1) is 37.8. The number of rotatable bonds is 12. The van der Waals surface area contributed by atoms with Crippen molar-refractivity contribution in [2.24, 2.45) is 34.0 Å². The Morgan fingerprint density at radius 1 is 0.958 bits per heavy atom. The predicted octanol–water partition coefficient (Wildman–Crippen LogP) is 0.856. The van der Waals surface area contributed by atoms with Crippen molar-refractivity contribution in [3.8, 4) is 0 Å². The number of carbonyl (C=O) groups is 5. The summed E-state index contributed by atoms with van der Waals surface area (Å²) in [5, 5.41) is 11.1. The standard InChI is InChI=1S/C33H55N7O7S/c1-11-14-34-28(43)25(41)23(19-12-13-19)36-27(42)24-22-20(33(22,8)9)17-40(24)29(44)26(32(5,6)7)37-30(45)35-21(31(2,3)4)18-39-16-15-38(10)48(39,46)47/h11,19-24,26H,1,12-18H2,2-10H3,(H,34,43)(H,36,42)(H2,35,37,45)/t20-,21+,22-,23?,24-,26+/m0/s1. The first-order chi connectivity index (χ1) is 22.0. The lowest BCUT2D eigenvalue weighted by Gasteiger charge is -2.39. The van der Waals surface area contributed by atoms with Crippen molar-refractivity contribution in [3.05, 3.63) is 12.7 Å². The number of amides is 5. The second-order valence-electron chi connectivity index (χ2n) is 16.6. The Labute approximate surface area is 285 Å². The van der Waals surface area contributed by atoms with Crippen molar-refractivity contribution in [2.75, 3.05) is 39.8 Å². The normalized spacial score (nSPS) is 26.9. The number of nitrogens with one attached hydrogen (secondary N) is 4. The van der Waals surface area contributed by atoms with Gasteiger partial charge >= 0.3 is 6.03 Å². The van der Waals surface area contributed by atoms with Gasteiger partial charge in [0.25, 0.3) is 16.1 Å². The molecule has 0 bridgehead atoms. The van der Waals surface area contributed by atoms with Gasteiger partial charge in [-0.2, -0.15) is 17.0 Å². The molecule has 4 fully saturated rings. The van der Waals surface area contributed by atoms with Crippen molar-refractivity contribution in [1.82, 2.24) is 34.8 Å². The molecule has 0 radical (unpaired) electrons. The van der Waals surface area contributed by atoms with Gasteiger partial charge in [-0.1, -0.05) is 61.5 Å². The minimum absolute atomic E-state index is 0.0587. The first-order valence-electron chi connectivity index (χ1n) is 16.9. The zero-order chi connectivity index (χ0) is 36.1. The van der Waals surface area contributed by atoms with E-state index in [2.05, 4.69) is 41.7 Å². The summed E-state index contributed by atoms with van der Waals surface area (Å²) in [6, 6.07) is -4.09. The fourth-order valence-electron chi connectivity index (χ4n) is 7.02. The molecule has 5 amide bonds. The van der Waals surface area contributed by atoms with Crippen molar-refractivity contribution in [1.29, 1.82) is 0 Å². The van der Waals surface area contributed by atoms with Crippen LogP contribution in [0.2, 0.25) is 0 Å². The van der Waals surface area contributed by atoms with Gasteiger partial charge in [0.1, 0.15) is 18.1 Å². The third kappa shape index (κ3) is 7.72. The van der Waals surface area contributed by atoms with Crippen LogP contribution in [-0.2, 0) is 29.4 Å². The van der Waals surface area contributed by atoms with Gasteiger partial charge in [0.05, 0.1) is 0 Å². The molecule has 270 valence electrons. The predicted molar refractivity (Wildman–Crippen MR) is 180 cm³/mol. The molecule has 0 aromatic heterocycles. The monoisotopic (exact) mass is 693 g/mol. The maximum Gasteiger partial charge on any atom is 0.315 e. The van der Waals surface area contributed by atoms with E-state index in [0.717, 1.165) is 0 Å². The van der Waals surface area contributed by atoms with Gasteiger partial charge in [-0.15, -0.1) is 6.58 Å². The first-order valence-corrected chi connectivity index (χ1v) is 18.2. The summed E-state index contributed by atoms with van der Waals surface area (Å²) in [6.07, 6.45) is 2.88. The van der Waals surface area contributed by atoms with Gasteiger partial charge in [0.15, 0.2) is 0 Å². The van der Waals surface area contributed by atoms with Crippen LogP contribution < -0.4 is 21.3 Å². The number of piperidine rings is 1. The third-order valence-electron chi connectivity index (χ3n) is 10.6. The maximum atomic E-state index is 14.4. The van der Waals surface area contributed by atoms with Crippen molar-refractivity contribution < 1.29 is 32.4 Å². The van der Waals surface area contributed by atoms with Gasteiger partial charge in [-0.25, -0.2) is 4.79 Å². The summed E-state index contributed by atoms with van der Waals surface area (Å²) in [5.74, 6) is -2.65. The summed E-state index contributed by atoms with van der Waals surface area (Å²) >= 11 is 0. The largest absolute Gasteiger partial charge is 0.346 e. The average Bonchev–Trinajstić information content (AvgIpc) is 3.82. The fraction of sp³-hybridized carbons (Fsp3) is 0.788. The van der Waals surface area contributed by atoms with Crippen LogP contribution in [0.4, 0.5) is 4.79 Å². The van der Waals surface area contributed by atoms with Gasteiger partial charge in [-0.05, 0) is 46.8 Å². The lowest BCUT2D eigenvalue weighted by atomic mass is 9.85. The van der Waals surface area contributed by atoms with Gasteiger partial charge in [0, 0.05) is 45.8 Å². The zero-order valence-electron chi connectivity index (χ0n) is 29.9. The Kier molecular flexibility index (Phi) is 10.5. The maximum absolute atomic E-state index is 14.4. The number of hydrogen-bond donors (Lipinski definition) is 4. The van der Waals surface area contributed by atoms with Gasteiger partial charge in [-0.3, -0.25) is 19.2 Å². The molecule has 48 heavy (non-hydrogen) atoms. The molecule has 4 aliphatic rings. The fourth-order valence-corrected chi connectivity index (χ4v) is 8.38. The zero-order valence-corrected chi connectivity index (χ0v) is 30.7. The number of hydrogen-bond acceptors (Lipinski definition) is 7. The topological polar surface area (TPSA) is 177 Å². The minimum atomic E-state index is -3.63. The quantitative estimate of drug-likeness (QED) is 0.173. The third-order valence-corrected chi connectivity index (χ3v) is 12.5. The van der Waals surface area contributed by atoms with Crippen LogP contribution in [-0.4, -0.2) is 115 Å². The summed E-state index contributed by atoms with van der Waals surface area (Å²) in [7, 11) is -2.11. The highest BCUT2D eigenvalue weighted by molar-refractivity contribution is 7.87. The number of urea groups is 1. The Morgan fingerprint density at radius 2 is 1.58 bits per heavy atom. The van der Waals surface area contributed by atoms with Gasteiger partial charge < -0.3 is 26.2 Å². The Morgan fingerprint density at radius 3 is 2.08 bits per heavy atom. The number of fused-ring (bicyclic) bond motifs is 1. The molecule has 2 aliphatic carbocycles. The number of likely N-dealkylation sites (N-methyl/N-ethyl adjacent to an activating group) is 1. The van der Waals surface area contributed by atoms with Crippen LogP contribution in [0.5, 0.6) is 0 Å². The number of Topliss-reactive ketones (excluding diaryl/α,β-unsaturated/α-hetero) is 1. The van der Waals surface area contributed by atoms with Crippen LogP contribution in [0.15, 0.2) is 12.7 Å². The highest BCUT2D eigenvalue weighted by Crippen LogP contribution is 2.65. The number of ketones is 1. The van der Waals surface area contributed by atoms with Crippen LogP contribution >= 0.6 is 0 Å². The smallest absolute Gasteiger partial charge is 0.315 e. The van der Waals surface area contributed by atoms with Crippen molar-refractivity contribution in [2.45, 2.75) is 92.4 Å². The molecule has 2 saturated heterocycles. The van der Waals surface area contributed by atoms with E-state index >= 15 is 0 Å². The highest BCUT2D eigenvalue weighted by Gasteiger charge is 2.70. The Hall–Kier alpha value is -3.04. The summed E-state index contributed by atoms with van der Waals surface area (Å²) in [4.78, 5) is 69.0. The molecule has 15 heteroatoms. The van der Waals surface area contributed by atoms with E-state index in [1.165, 1.54) is 26.6 Å². The van der Waals surface area contributed by atoms with Crippen molar-refractivity contribution in [3.63, 3.8) is 0 Å². The van der Waals surface area contributed by atoms with E-state index in [4.69, 9.17) is 0 Å². The van der Waals surface area contributed by atoms with Crippen LogP contribution in [0.1, 0.15) is 68.2 Å². The summed E-state index contributed by atoms with van der Waals surface area (Å²) < 4.78 is 28.2. The lowest BCUT2D eigenvalue weighted by Crippen LogP contribution is -2.63. The molecule has 0 spiro atoms. The molecule has 2 saturated carbocycles. The molecule has 6 atom stereocenters. The SMILES string of the molecule is C=CCNC(=O)C(=O)C(NC(=O)[C@@H]1[C@@H]2[C@H](CN1C(=O)[C@@H](NC(=O)N[C@H](CN1CCN(C)S1(=O)=O)C(C)(C)C)C(C)(C)C)C2(C)C)C1CC1. The summed E-state index contributed by atoms with van der Waals surface area (Å²) in [6.45, 7) is 20.0. The number of nitrogens with zero attached hydrogens (tertiary/aromatic N) is 3. The second-order valence-corrected chi connectivity index (χ2v) is 18.6. The molecular weight excluding hydrogens is 638 g/mol. The molecule has 4 rings (SSSR count). The molecule has 0 aromatic rings. The van der Waals surface area contributed by atoms with Crippen LogP contribution in [0.25, 0.3) is 0 Å². The number of carbonyl (C=O) groups excluding carboxylic acids is 5. The molecule has 14 nitrogen and oxygen atoms in total. The van der Waals surface area contributed by atoms with E-state index in [9.17, 15) is 32.4 Å². The summed E-state index contributed by atoms with van der Waals surface area (Å²) in [5.41, 5.74) is -1.48. The Bertz CT molecular complexity index is 1430. The van der Waals surface area contributed by atoms with E-state index in [-0.39, 0.29) is 36.3 Å². The van der Waals surface area contributed by atoms with Gasteiger partial charge in [0.2, 0.25) is 17.6 Å². The second kappa shape index (κ2) is 13.3. The molecular formula is C33H55N7O7S. The molecule has 0 aromatic carbocycles. The van der Waals surface area contributed by atoms with E-state index < -0.39 is 74.7 Å². The van der Waals surface area contributed by atoms with E-state index in [1.807, 2.05) is 41.5 Å². The highest BCUT2D eigenvalue weighted by atomic mass is 32.2. The van der Waals surface area contributed by atoms with E-state index in [0.29, 0.717) is 32.5 Å². The minimum Gasteiger partial charge on any atom is -0.346 e. The molecule has 4 N–H and O–H groups in total. The van der Waals surface area contributed by atoms with Crippen molar-refractivity contribution >= 4 is 39.7 Å². The number of likely N-dealkylation sites (tertiary alicyclic amines) is 1. The molecule has 2 heterocycles. The average molecular weight is 694 g/mol. The lowest BCUT2D eigenvalue weighted by molar-refractivity contribution is -0.145. The molecule has 2 aliphatic heterocycles. The van der Waals surface area contributed by atoms with E-state index in [1.54, 1.807) is 0 Å². The van der Waals surface area contributed by atoms with Crippen LogP contribution in [0, 0.1) is 34.0 Å². The Balaban J connectivity index is 1.52.